The molecule has 0 aliphatic heterocycles. The number of aromatic hydroxyl groups is 5. The van der Waals surface area contributed by atoms with Crippen LogP contribution in [-0.4, -0.2) is 50.6 Å². The number of ether oxygens (including phenoxy) is 1. The Kier molecular flexibility index (Phi) is 6.92. The van der Waals surface area contributed by atoms with Gasteiger partial charge in [0.1, 0.15) is 11.8 Å². The van der Waals surface area contributed by atoms with Gasteiger partial charge in [-0.15, -0.1) is 0 Å². The van der Waals surface area contributed by atoms with Crippen molar-refractivity contribution in [2.75, 3.05) is 7.11 Å². The smallest absolute Gasteiger partial charge is 0.328 e. The maximum absolute atomic E-state index is 12.6. The number of benzene rings is 3. The Morgan fingerprint density at radius 3 is 2.24 bits per heavy atom. The molecule has 0 aliphatic rings. The molecule has 1 heterocycles. The van der Waals surface area contributed by atoms with Crippen molar-refractivity contribution in [3.05, 3.63) is 71.8 Å². The van der Waals surface area contributed by atoms with Gasteiger partial charge in [0.05, 0.1) is 7.11 Å². The minimum Gasteiger partial charge on any atom is -0.504 e. The van der Waals surface area contributed by atoms with Gasteiger partial charge in [-0.3, -0.25) is 4.79 Å². The molecule has 0 fully saturated rings. The summed E-state index contributed by atoms with van der Waals surface area (Å²) in [6.07, 6.45) is 2.69. The van der Waals surface area contributed by atoms with E-state index in [0.717, 1.165) is 0 Å². The lowest BCUT2D eigenvalue weighted by Gasteiger charge is -2.16. The molecule has 10 nitrogen and oxygen atoms in total. The fourth-order valence-electron chi connectivity index (χ4n) is 3.75. The highest BCUT2D eigenvalue weighted by Crippen LogP contribution is 2.37. The molecule has 1 aromatic heterocycles. The van der Waals surface area contributed by atoms with Crippen LogP contribution < -0.4 is 5.32 Å². The highest BCUT2D eigenvalue weighted by Gasteiger charge is 2.22. The van der Waals surface area contributed by atoms with Gasteiger partial charge in [0.15, 0.2) is 34.3 Å². The van der Waals surface area contributed by atoms with Crippen molar-refractivity contribution in [3.8, 4) is 40.1 Å². The number of hydrogen-bond acceptors (Lipinski definition) is 9. The molecule has 0 saturated carbocycles. The second-order valence-electron chi connectivity index (χ2n) is 8.18. The number of phenols is 5. The average molecular weight is 505 g/mol. The van der Waals surface area contributed by atoms with Crippen molar-refractivity contribution >= 4 is 28.9 Å². The summed E-state index contributed by atoms with van der Waals surface area (Å²) < 4.78 is 10.5. The van der Waals surface area contributed by atoms with Crippen LogP contribution in [0.3, 0.4) is 0 Å². The molecule has 6 N–H and O–H groups in total. The van der Waals surface area contributed by atoms with Crippen LogP contribution in [0.15, 0.2) is 65.1 Å². The number of nitrogens with one attached hydrogen (secondary N) is 1. The Morgan fingerprint density at radius 1 is 0.892 bits per heavy atom. The summed E-state index contributed by atoms with van der Waals surface area (Å²) in [5.41, 5.74) is 1.63. The van der Waals surface area contributed by atoms with Crippen LogP contribution >= 0.6 is 0 Å². The van der Waals surface area contributed by atoms with Crippen molar-refractivity contribution < 1.29 is 44.3 Å². The summed E-state index contributed by atoms with van der Waals surface area (Å²) in [6.45, 7) is 0. The molecule has 3 aromatic carbocycles. The van der Waals surface area contributed by atoms with Gasteiger partial charge in [-0.25, -0.2) is 4.79 Å². The highest BCUT2D eigenvalue weighted by molar-refractivity contribution is 5.99. The summed E-state index contributed by atoms with van der Waals surface area (Å²) in [7, 11) is 1.18. The van der Waals surface area contributed by atoms with E-state index in [1.807, 2.05) is 0 Å². The van der Waals surface area contributed by atoms with Gasteiger partial charge in [0, 0.05) is 23.4 Å². The maximum atomic E-state index is 12.6. The fraction of sp³-hybridized carbons (Fsp3) is 0.111. The third kappa shape index (κ3) is 5.43. The zero-order valence-corrected chi connectivity index (χ0v) is 19.5. The van der Waals surface area contributed by atoms with Gasteiger partial charge in [0.25, 0.3) is 0 Å². The number of hydrogen-bond donors (Lipinski definition) is 6. The first-order valence-electron chi connectivity index (χ1n) is 11.0. The van der Waals surface area contributed by atoms with Crippen molar-refractivity contribution in [1.82, 2.24) is 5.32 Å². The molecule has 1 atom stereocenters. The molecule has 0 aliphatic carbocycles. The van der Waals surface area contributed by atoms with Crippen LogP contribution in [0.2, 0.25) is 0 Å². The molecule has 4 rings (SSSR count). The largest absolute Gasteiger partial charge is 0.504 e. The lowest BCUT2D eigenvalue weighted by atomic mass is 10.0. The predicted molar refractivity (Wildman–Crippen MR) is 133 cm³/mol. The number of phenolic OH excluding ortho intramolecular Hbond substituents is 5. The molecule has 0 bridgehead atoms. The number of furan rings is 1. The van der Waals surface area contributed by atoms with Crippen molar-refractivity contribution in [2.24, 2.45) is 0 Å². The summed E-state index contributed by atoms with van der Waals surface area (Å²) in [4.78, 5) is 24.9. The number of amides is 1. The number of rotatable bonds is 7. The van der Waals surface area contributed by atoms with E-state index in [4.69, 9.17) is 9.15 Å². The normalized spacial score (nSPS) is 12.0. The van der Waals surface area contributed by atoms with Gasteiger partial charge in [-0.1, -0.05) is 12.1 Å². The van der Waals surface area contributed by atoms with Crippen molar-refractivity contribution in [3.63, 3.8) is 0 Å². The molecule has 190 valence electrons. The molecule has 4 aromatic rings. The van der Waals surface area contributed by atoms with Crippen LogP contribution in [0.5, 0.6) is 28.7 Å². The topological polar surface area (TPSA) is 170 Å². The van der Waals surface area contributed by atoms with Gasteiger partial charge < -0.3 is 40.0 Å². The SMILES string of the molecule is COC(=O)C(Cc1ccc(O)c(O)c1)NC(=O)/C=C/c1ccc(O)c2oc(-c3ccc(O)c(O)c3)cc12. The first kappa shape index (κ1) is 25.0. The minimum atomic E-state index is -1.06. The minimum absolute atomic E-state index is 0.00805. The van der Waals surface area contributed by atoms with E-state index in [1.54, 1.807) is 12.1 Å². The number of fused-ring (bicyclic) bond motifs is 1. The van der Waals surface area contributed by atoms with Crippen LogP contribution in [0.4, 0.5) is 0 Å². The molecule has 1 amide bonds. The lowest BCUT2D eigenvalue weighted by molar-refractivity contribution is -0.144. The van der Waals surface area contributed by atoms with E-state index in [9.17, 15) is 35.1 Å². The quantitative estimate of drug-likeness (QED) is 0.125. The monoisotopic (exact) mass is 505 g/mol. The first-order valence-corrected chi connectivity index (χ1v) is 11.0. The van der Waals surface area contributed by atoms with E-state index in [-0.39, 0.29) is 40.8 Å². The highest BCUT2D eigenvalue weighted by atomic mass is 16.5. The molecular formula is C27H23NO9. The standard InChI is InChI=1S/C27H23NO9/c1-36-27(35)18(10-14-2-6-19(29)22(32)11-14)28-25(34)9-5-15-3-8-21(31)26-17(15)13-24(37-26)16-4-7-20(30)23(33)12-16/h2-9,11-13,18,29-33H,10H2,1H3,(H,28,34)/b9-5+. The van der Waals surface area contributed by atoms with Gasteiger partial charge >= 0.3 is 5.97 Å². The van der Waals surface area contributed by atoms with Crippen LogP contribution in [0.25, 0.3) is 28.4 Å². The van der Waals surface area contributed by atoms with Gasteiger partial charge in [0.2, 0.25) is 5.91 Å². The van der Waals surface area contributed by atoms with E-state index in [2.05, 4.69) is 5.32 Å². The summed E-state index contributed by atoms with van der Waals surface area (Å²) in [6, 6.07) is 11.7. The lowest BCUT2D eigenvalue weighted by Crippen LogP contribution is -2.42. The predicted octanol–water partition coefficient (Wildman–Crippen LogP) is 3.54. The molecule has 10 heteroatoms. The Balaban J connectivity index is 1.57. The average Bonchev–Trinajstić information content (AvgIpc) is 3.33. The van der Waals surface area contributed by atoms with Crippen LogP contribution in [-0.2, 0) is 20.7 Å². The Bertz CT molecular complexity index is 1520. The Labute approximate surface area is 210 Å². The molecule has 37 heavy (non-hydrogen) atoms. The number of carbonyl (C=O) groups is 2. The van der Waals surface area contributed by atoms with Gasteiger partial charge in [-0.2, -0.15) is 0 Å². The first-order chi connectivity index (χ1) is 17.7. The van der Waals surface area contributed by atoms with Crippen LogP contribution in [0.1, 0.15) is 11.1 Å². The summed E-state index contributed by atoms with van der Waals surface area (Å²) in [5.74, 6) is -2.40. The summed E-state index contributed by atoms with van der Waals surface area (Å²) >= 11 is 0. The second-order valence-corrected chi connectivity index (χ2v) is 8.18. The molecule has 0 radical (unpaired) electrons. The molecule has 0 spiro atoms. The number of esters is 1. The van der Waals surface area contributed by atoms with Gasteiger partial charge in [-0.05, 0) is 59.7 Å². The van der Waals surface area contributed by atoms with E-state index in [0.29, 0.717) is 27.8 Å². The number of methoxy groups -OCH3 is 1. The van der Waals surface area contributed by atoms with Crippen molar-refractivity contribution in [2.45, 2.75) is 12.5 Å². The van der Waals surface area contributed by atoms with Crippen LogP contribution in [0, 0.1) is 0 Å². The fourth-order valence-corrected chi connectivity index (χ4v) is 3.75. The Morgan fingerprint density at radius 2 is 1.57 bits per heavy atom. The van der Waals surface area contributed by atoms with E-state index < -0.39 is 17.9 Å². The van der Waals surface area contributed by atoms with E-state index >= 15 is 0 Å². The zero-order chi connectivity index (χ0) is 26.7. The van der Waals surface area contributed by atoms with Crippen molar-refractivity contribution in [1.29, 1.82) is 0 Å². The molecule has 0 saturated heterocycles. The molecule has 1 unspecified atom stereocenters. The Hall–Kier alpha value is -5.12. The summed E-state index contributed by atoms with van der Waals surface area (Å²) in [5, 5.41) is 51.8. The maximum Gasteiger partial charge on any atom is 0.328 e. The third-order valence-electron chi connectivity index (χ3n) is 5.65. The zero-order valence-electron chi connectivity index (χ0n) is 19.5. The third-order valence-corrected chi connectivity index (χ3v) is 5.65. The van der Waals surface area contributed by atoms with E-state index in [1.165, 1.54) is 61.7 Å². The molecular weight excluding hydrogens is 482 g/mol. The number of carbonyl (C=O) groups excluding carboxylic acids is 2. The second kappa shape index (κ2) is 10.2.